The average molecular weight is 317 g/mol. The van der Waals surface area contributed by atoms with Crippen LogP contribution in [-0.2, 0) is 9.59 Å². The summed E-state index contributed by atoms with van der Waals surface area (Å²) in [5.74, 6) is -2.22. The predicted molar refractivity (Wildman–Crippen MR) is 78.5 cm³/mol. The summed E-state index contributed by atoms with van der Waals surface area (Å²) in [6, 6.07) is 3.32. The van der Waals surface area contributed by atoms with E-state index < -0.39 is 17.6 Å². The van der Waals surface area contributed by atoms with Gasteiger partial charge in [0.25, 0.3) is 0 Å². The highest BCUT2D eigenvalue weighted by Crippen LogP contribution is 2.19. The Hall–Kier alpha value is -1.66. The van der Waals surface area contributed by atoms with Crippen LogP contribution in [0.5, 0.6) is 0 Å². The number of anilines is 1. The van der Waals surface area contributed by atoms with E-state index in [1.165, 1.54) is 12.1 Å². The summed E-state index contributed by atoms with van der Waals surface area (Å²) < 4.78 is 13.0. The summed E-state index contributed by atoms with van der Waals surface area (Å²) in [6.45, 7) is 3.66. The van der Waals surface area contributed by atoms with Crippen molar-refractivity contribution in [1.29, 1.82) is 0 Å². The molecule has 3 N–H and O–H groups in total. The molecule has 2 amide bonds. The molecule has 0 bridgehead atoms. The smallest absolute Gasteiger partial charge is 0.313 e. The Bertz CT molecular complexity index is 523. The van der Waals surface area contributed by atoms with E-state index in [1.54, 1.807) is 0 Å². The largest absolute Gasteiger partial charge is 0.396 e. The fourth-order valence-electron chi connectivity index (χ4n) is 1.71. The summed E-state index contributed by atoms with van der Waals surface area (Å²) in [4.78, 5) is 23.5. The van der Waals surface area contributed by atoms with Crippen molar-refractivity contribution >= 4 is 29.1 Å². The van der Waals surface area contributed by atoms with Crippen LogP contribution in [0.25, 0.3) is 0 Å². The highest BCUT2D eigenvalue weighted by Gasteiger charge is 2.20. The zero-order valence-electron chi connectivity index (χ0n) is 11.8. The molecule has 0 aliphatic heterocycles. The van der Waals surface area contributed by atoms with E-state index in [1.807, 2.05) is 13.8 Å². The minimum Gasteiger partial charge on any atom is -0.396 e. The van der Waals surface area contributed by atoms with Gasteiger partial charge in [0, 0.05) is 18.3 Å². The highest BCUT2D eigenvalue weighted by molar-refractivity contribution is 6.40. The fraction of sp³-hybridized carbons (Fsp3) is 0.429. The number of hydrogen-bond acceptors (Lipinski definition) is 3. The predicted octanol–water partition coefficient (Wildman–Crippen LogP) is 1.94. The van der Waals surface area contributed by atoms with Gasteiger partial charge in [-0.2, -0.15) is 0 Å². The number of carbonyl (C=O) groups excluding carboxylic acids is 2. The Morgan fingerprint density at radius 2 is 2.00 bits per heavy atom. The molecule has 1 atom stereocenters. The lowest BCUT2D eigenvalue weighted by Crippen LogP contribution is -2.44. The third kappa shape index (κ3) is 5.32. The summed E-state index contributed by atoms with van der Waals surface area (Å²) in [5, 5.41) is 13.7. The molecule has 1 unspecified atom stereocenters. The lowest BCUT2D eigenvalue weighted by atomic mass is 10.0. The van der Waals surface area contributed by atoms with Crippen molar-refractivity contribution in [2.24, 2.45) is 5.92 Å². The van der Waals surface area contributed by atoms with Crippen molar-refractivity contribution < 1.29 is 19.1 Å². The highest BCUT2D eigenvalue weighted by atomic mass is 35.5. The van der Waals surface area contributed by atoms with Gasteiger partial charge in [0.1, 0.15) is 5.82 Å². The van der Waals surface area contributed by atoms with Crippen LogP contribution in [0.4, 0.5) is 10.1 Å². The molecule has 0 aliphatic carbocycles. The quantitative estimate of drug-likeness (QED) is 0.726. The third-order valence-corrected chi connectivity index (χ3v) is 3.23. The maximum absolute atomic E-state index is 13.0. The van der Waals surface area contributed by atoms with E-state index >= 15 is 0 Å². The monoisotopic (exact) mass is 316 g/mol. The first kappa shape index (κ1) is 17.4. The van der Waals surface area contributed by atoms with Crippen LogP contribution in [-0.4, -0.2) is 29.6 Å². The molecule has 0 aliphatic rings. The number of rotatable bonds is 5. The summed E-state index contributed by atoms with van der Waals surface area (Å²) >= 11 is 5.59. The molecule has 7 heteroatoms. The Kier molecular flexibility index (Phi) is 6.58. The lowest BCUT2D eigenvalue weighted by Gasteiger charge is -2.21. The van der Waals surface area contributed by atoms with Crippen molar-refractivity contribution in [2.75, 3.05) is 11.9 Å². The molecule has 0 radical (unpaired) electrons. The maximum atomic E-state index is 13.0. The van der Waals surface area contributed by atoms with Crippen molar-refractivity contribution in [3.63, 3.8) is 0 Å². The van der Waals surface area contributed by atoms with Crippen LogP contribution in [0.3, 0.4) is 0 Å². The van der Waals surface area contributed by atoms with Gasteiger partial charge in [-0.15, -0.1) is 0 Å². The third-order valence-electron chi connectivity index (χ3n) is 2.95. The lowest BCUT2D eigenvalue weighted by molar-refractivity contribution is -0.136. The Balaban J connectivity index is 2.65. The zero-order chi connectivity index (χ0) is 16.0. The first-order chi connectivity index (χ1) is 9.85. The molecule has 0 heterocycles. The van der Waals surface area contributed by atoms with Crippen molar-refractivity contribution in [3.8, 4) is 0 Å². The number of aliphatic hydroxyl groups excluding tert-OH is 1. The number of amides is 2. The maximum Gasteiger partial charge on any atom is 0.313 e. The number of benzene rings is 1. The van der Waals surface area contributed by atoms with Gasteiger partial charge in [-0.25, -0.2) is 4.39 Å². The number of aliphatic hydroxyl groups is 1. The second-order valence-corrected chi connectivity index (χ2v) is 5.33. The number of halogens is 2. The topological polar surface area (TPSA) is 78.4 Å². The van der Waals surface area contributed by atoms with E-state index in [0.29, 0.717) is 6.42 Å². The van der Waals surface area contributed by atoms with Crippen LogP contribution in [0.15, 0.2) is 18.2 Å². The van der Waals surface area contributed by atoms with Gasteiger partial charge >= 0.3 is 11.8 Å². The SMILES string of the molecule is CC(C)C(CCO)NC(=O)C(=O)Nc1ccc(F)c(Cl)c1. The summed E-state index contributed by atoms with van der Waals surface area (Å²) in [6.07, 6.45) is 0.360. The first-order valence-corrected chi connectivity index (χ1v) is 6.90. The van der Waals surface area contributed by atoms with Crippen LogP contribution in [0.2, 0.25) is 5.02 Å². The molecule has 1 aromatic carbocycles. The molecule has 116 valence electrons. The van der Waals surface area contributed by atoms with Crippen molar-refractivity contribution in [3.05, 3.63) is 29.0 Å². The van der Waals surface area contributed by atoms with E-state index in [-0.39, 0.29) is 29.3 Å². The Morgan fingerprint density at radius 1 is 1.33 bits per heavy atom. The van der Waals surface area contributed by atoms with E-state index in [2.05, 4.69) is 10.6 Å². The van der Waals surface area contributed by atoms with Gasteiger partial charge in [0.2, 0.25) is 0 Å². The minimum atomic E-state index is -0.874. The van der Waals surface area contributed by atoms with Gasteiger partial charge in [-0.3, -0.25) is 9.59 Å². The van der Waals surface area contributed by atoms with E-state index in [9.17, 15) is 14.0 Å². The van der Waals surface area contributed by atoms with Crippen molar-refractivity contribution in [1.82, 2.24) is 5.32 Å². The van der Waals surface area contributed by atoms with Crippen molar-refractivity contribution in [2.45, 2.75) is 26.3 Å². The normalized spacial score (nSPS) is 12.1. The van der Waals surface area contributed by atoms with E-state index in [0.717, 1.165) is 6.07 Å². The number of hydrogen-bond donors (Lipinski definition) is 3. The van der Waals surface area contributed by atoms with Gasteiger partial charge in [0.05, 0.1) is 5.02 Å². The molecule has 0 saturated heterocycles. The minimum absolute atomic E-state index is 0.0779. The summed E-state index contributed by atoms with van der Waals surface area (Å²) in [5.41, 5.74) is 0.227. The van der Waals surface area contributed by atoms with Crippen LogP contribution in [0, 0.1) is 11.7 Å². The summed E-state index contributed by atoms with van der Waals surface area (Å²) in [7, 11) is 0. The second-order valence-electron chi connectivity index (χ2n) is 4.92. The zero-order valence-corrected chi connectivity index (χ0v) is 12.6. The van der Waals surface area contributed by atoms with Gasteiger partial charge in [-0.05, 0) is 30.5 Å². The Morgan fingerprint density at radius 3 is 2.52 bits per heavy atom. The molecule has 0 spiro atoms. The van der Waals surface area contributed by atoms with Crippen LogP contribution >= 0.6 is 11.6 Å². The van der Waals surface area contributed by atoms with Crippen LogP contribution < -0.4 is 10.6 Å². The second kappa shape index (κ2) is 7.95. The average Bonchev–Trinajstić information content (AvgIpc) is 2.42. The molecule has 21 heavy (non-hydrogen) atoms. The van der Waals surface area contributed by atoms with E-state index in [4.69, 9.17) is 16.7 Å². The van der Waals surface area contributed by atoms with Gasteiger partial charge in [0.15, 0.2) is 0 Å². The number of carbonyl (C=O) groups is 2. The molecule has 1 rings (SSSR count). The standard InChI is InChI=1S/C14H18ClFN2O3/c1-8(2)12(5-6-19)18-14(21)13(20)17-9-3-4-11(16)10(15)7-9/h3-4,7-8,12,19H,5-6H2,1-2H3,(H,17,20)(H,18,21). The molecule has 1 aromatic rings. The Labute approximate surface area is 127 Å². The molecular weight excluding hydrogens is 299 g/mol. The van der Waals surface area contributed by atoms with Gasteiger partial charge < -0.3 is 15.7 Å². The molecule has 5 nitrogen and oxygen atoms in total. The molecular formula is C14H18ClFN2O3. The van der Waals surface area contributed by atoms with Crippen LogP contribution in [0.1, 0.15) is 20.3 Å². The number of nitrogens with one attached hydrogen (secondary N) is 2. The van der Waals surface area contributed by atoms with Gasteiger partial charge in [-0.1, -0.05) is 25.4 Å². The first-order valence-electron chi connectivity index (χ1n) is 6.53. The molecule has 0 fully saturated rings. The molecule has 0 saturated carbocycles. The fourth-order valence-corrected chi connectivity index (χ4v) is 1.89. The molecule has 0 aromatic heterocycles.